The van der Waals surface area contributed by atoms with Gasteiger partial charge in [-0.15, -0.1) is 11.3 Å². The third-order valence-corrected chi connectivity index (χ3v) is 7.67. The van der Waals surface area contributed by atoms with Crippen molar-refractivity contribution >= 4 is 27.3 Å². The van der Waals surface area contributed by atoms with E-state index in [0.29, 0.717) is 37.6 Å². The summed E-state index contributed by atoms with van der Waals surface area (Å²) in [4.78, 5) is 17.3. The minimum atomic E-state index is -3.48. The Hall–Kier alpha value is -1.74. The molecule has 2 aromatic rings. The van der Waals surface area contributed by atoms with Crippen molar-refractivity contribution in [2.75, 3.05) is 39.3 Å². The number of thiophene rings is 1. The highest BCUT2D eigenvalue weighted by molar-refractivity contribution is 7.89. The van der Waals surface area contributed by atoms with Gasteiger partial charge in [-0.25, -0.2) is 8.42 Å². The fourth-order valence-corrected chi connectivity index (χ4v) is 5.44. The molecule has 8 heteroatoms. The van der Waals surface area contributed by atoms with Crippen LogP contribution in [0.2, 0.25) is 0 Å². The Morgan fingerprint density at radius 2 is 1.78 bits per heavy atom. The Balaban J connectivity index is 1.54. The number of hydrogen-bond donors (Lipinski definition) is 1. The molecular formula is C19H26N3O3S2+. The maximum absolute atomic E-state index is 12.7. The number of hydrogen-bond acceptors (Lipinski definition) is 4. The Morgan fingerprint density at radius 1 is 1.07 bits per heavy atom. The molecule has 3 rings (SSSR count). The van der Waals surface area contributed by atoms with Gasteiger partial charge in [0.25, 0.3) is 5.91 Å². The molecular weight excluding hydrogens is 382 g/mol. The van der Waals surface area contributed by atoms with Crippen molar-refractivity contribution in [2.45, 2.75) is 18.4 Å². The van der Waals surface area contributed by atoms with Crippen LogP contribution in [0.25, 0.3) is 0 Å². The lowest BCUT2D eigenvalue weighted by Gasteiger charge is -2.34. The van der Waals surface area contributed by atoms with Crippen LogP contribution in [0.3, 0.4) is 0 Å². The number of carbonyl (C=O) groups is 1. The Morgan fingerprint density at radius 3 is 2.37 bits per heavy atom. The van der Waals surface area contributed by atoms with Gasteiger partial charge < -0.3 is 9.80 Å². The van der Waals surface area contributed by atoms with Crippen molar-refractivity contribution in [3.05, 3.63) is 52.7 Å². The van der Waals surface area contributed by atoms with Crippen molar-refractivity contribution in [1.29, 1.82) is 0 Å². The van der Waals surface area contributed by atoms with Crippen LogP contribution < -0.4 is 4.90 Å². The van der Waals surface area contributed by atoms with Crippen LogP contribution in [0, 0.1) is 0 Å². The van der Waals surface area contributed by atoms with Gasteiger partial charge in [-0.3, -0.25) is 4.79 Å². The van der Waals surface area contributed by atoms with Crippen molar-refractivity contribution in [2.24, 2.45) is 0 Å². The van der Waals surface area contributed by atoms with Crippen LogP contribution in [0.15, 0.2) is 52.7 Å². The topological polar surface area (TPSA) is 62.1 Å². The number of quaternary nitrogens is 1. The number of benzene rings is 1. The zero-order valence-corrected chi connectivity index (χ0v) is 17.1. The number of nitrogens with zero attached hydrogens (tertiary/aromatic N) is 2. The van der Waals surface area contributed by atoms with E-state index in [1.807, 2.05) is 6.07 Å². The summed E-state index contributed by atoms with van der Waals surface area (Å²) < 4.78 is 26.8. The lowest BCUT2D eigenvalue weighted by molar-refractivity contribution is -0.904. The Kier molecular flexibility index (Phi) is 6.64. The molecule has 1 aliphatic rings. The molecule has 1 aromatic heterocycles. The van der Waals surface area contributed by atoms with Crippen LogP contribution in [-0.2, 0) is 21.4 Å². The molecule has 0 saturated carbocycles. The zero-order chi connectivity index (χ0) is 19.3. The number of rotatable bonds is 7. The Labute approximate surface area is 165 Å². The van der Waals surface area contributed by atoms with Gasteiger partial charge in [-0.1, -0.05) is 24.3 Å². The summed E-state index contributed by atoms with van der Waals surface area (Å²) in [5, 5.41) is 2.05. The van der Waals surface area contributed by atoms with E-state index in [9.17, 15) is 13.2 Å². The minimum absolute atomic E-state index is 0.0974. The van der Waals surface area contributed by atoms with Crippen LogP contribution in [-0.4, -0.2) is 62.8 Å². The SMILES string of the molecule is CC[NH+](CC(=O)N1CCN(S(=O)(=O)c2ccccc2)CC1)Cc1cccs1. The molecule has 1 amide bonds. The maximum atomic E-state index is 12.7. The van der Waals surface area contributed by atoms with E-state index in [-0.39, 0.29) is 5.91 Å². The normalized spacial score (nSPS) is 17.0. The predicted octanol–water partition coefficient (Wildman–Crippen LogP) is 0.686. The molecule has 1 unspecified atom stereocenters. The van der Waals surface area contributed by atoms with Gasteiger partial charge in [-0.05, 0) is 30.5 Å². The molecule has 27 heavy (non-hydrogen) atoms. The third-order valence-electron chi connectivity index (χ3n) is 4.88. The van der Waals surface area contributed by atoms with E-state index < -0.39 is 10.0 Å². The minimum Gasteiger partial charge on any atom is -0.335 e. The van der Waals surface area contributed by atoms with E-state index in [2.05, 4.69) is 18.4 Å². The quantitative estimate of drug-likeness (QED) is 0.733. The van der Waals surface area contributed by atoms with E-state index in [1.165, 1.54) is 14.1 Å². The van der Waals surface area contributed by atoms with Crippen LogP contribution in [0.1, 0.15) is 11.8 Å². The van der Waals surface area contributed by atoms with E-state index in [0.717, 1.165) is 13.1 Å². The molecule has 1 fully saturated rings. The lowest BCUT2D eigenvalue weighted by Crippen LogP contribution is -3.11. The van der Waals surface area contributed by atoms with Crippen LogP contribution in [0.5, 0.6) is 0 Å². The highest BCUT2D eigenvalue weighted by Gasteiger charge is 2.30. The predicted molar refractivity (Wildman–Crippen MR) is 106 cm³/mol. The standard InChI is InChI=1S/C19H25N3O3S2/c1-2-20(15-17-7-6-14-26-17)16-19(23)21-10-12-22(13-11-21)27(24,25)18-8-4-3-5-9-18/h3-9,14H,2,10-13,15-16H2,1H3/p+1. The fourth-order valence-electron chi connectivity index (χ4n) is 3.22. The largest absolute Gasteiger partial charge is 0.335 e. The average molecular weight is 409 g/mol. The third kappa shape index (κ3) is 4.95. The van der Waals surface area contributed by atoms with Crippen molar-refractivity contribution in [1.82, 2.24) is 9.21 Å². The lowest BCUT2D eigenvalue weighted by atomic mass is 10.3. The monoisotopic (exact) mass is 408 g/mol. The molecule has 1 N–H and O–H groups in total. The van der Waals surface area contributed by atoms with Crippen molar-refractivity contribution < 1.29 is 18.1 Å². The van der Waals surface area contributed by atoms with Gasteiger partial charge in [0, 0.05) is 26.2 Å². The number of nitrogens with one attached hydrogen (secondary N) is 1. The van der Waals surface area contributed by atoms with Gasteiger partial charge in [-0.2, -0.15) is 4.31 Å². The number of piperazine rings is 1. The van der Waals surface area contributed by atoms with Crippen molar-refractivity contribution in [3.63, 3.8) is 0 Å². The second-order valence-electron chi connectivity index (χ2n) is 6.63. The number of sulfonamides is 1. The number of carbonyl (C=O) groups excluding carboxylic acids is 1. The molecule has 0 spiro atoms. The summed E-state index contributed by atoms with van der Waals surface area (Å²) in [5.41, 5.74) is 0. The first kappa shape index (κ1) is 20.0. The smallest absolute Gasteiger partial charge is 0.277 e. The molecule has 0 bridgehead atoms. The average Bonchev–Trinajstić information content (AvgIpc) is 3.21. The molecule has 1 atom stereocenters. The van der Waals surface area contributed by atoms with Gasteiger partial charge >= 0.3 is 0 Å². The van der Waals surface area contributed by atoms with Crippen LogP contribution in [0.4, 0.5) is 0 Å². The van der Waals surface area contributed by atoms with E-state index in [4.69, 9.17) is 0 Å². The number of amides is 1. The van der Waals surface area contributed by atoms with Gasteiger partial charge in [0.15, 0.2) is 6.54 Å². The molecule has 1 aliphatic heterocycles. The summed E-state index contributed by atoms with van der Waals surface area (Å²) in [7, 11) is -3.48. The zero-order valence-electron chi connectivity index (χ0n) is 15.5. The Bertz CT molecular complexity index is 830. The van der Waals surface area contributed by atoms with Crippen LogP contribution >= 0.6 is 11.3 Å². The number of likely N-dealkylation sites (N-methyl/N-ethyl adjacent to an activating group) is 1. The first-order valence-corrected chi connectivity index (χ1v) is 11.5. The second kappa shape index (κ2) is 8.97. The highest BCUT2D eigenvalue weighted by Crippen LogP contribution is 2.17. The molecule has 2 heterocycles. The van der Waals surface area contributed by atoms with E-state index in [1.54, 1.807) is 46.6 Å². The first-order valence-electron chi connectivity index (χ1n) is 9.19. The molecule has 146 valence electrons. The molecule has 0 radical (unpaired) electrons. The molecule has 6 nitrogen and oxygen atoms in total. The highest BCUT2D eigenvalue weighted by atomic mass is 32.2. The summed E-state index contributed by atoms with van der Waals surface area (Å²) >= 11 is 1.71. The van der Waals surface area contributed by atoms with Gasteiger partial charge in [0.05, 0.1) is 16.3 Å². The summed E-state index contributed by atoms with van der Waals surface area (Å²) in [5.74, 6) is 0.0974. The first-order chi connectivity index (χ1) is 13.0. The molecule has 1 aromatic carbocycles. The maximum Gasteiger partial charge on any atom is 0.277 e. The summed E-state index contributed by atoms with van der Waals surface area (Å²) in [6.07, 6.45) is 0. The fraction of sp³-hybridized carbons (Fsp3) is 0.421. The van der Waals surface area contributed by atoms with Gasteiger partial charge in [0.1, 0.15) is 6.54 Å². The van der Waals surface area contributed by atoms with E-state index >= 15 is 0 Å². The van der Waals surface area contributed by atoms with Crippen molar-refractivity contribution in [3.8, 4) is 0 Å². The summed E-state index contributed by atoms with van der Waals surface area (Å²) in [6, 6.07) is 12.6. The second-order valence-corrected chi connectivity index (χ2v) is 9.60. The summed E-state index contributed by atoms with van der Waals surface area (Å²) in [6.45, 7) is 5.83. The van der Waals surface area contributed by atoms with Gasteiger partial charge in [0.2, 0.25) is 10.0 Å². The molecule has 0 aliphatic carbocycles. The molecule has 1 saturated heterocycles.